The molecule has 2 aromatic carbocycles. The summed E-state index contributed by atoms with van der Waals surface area (Å²) >= 11 is 11.9. The summed E-state index contributed by atoms with van der Waals surface area (Å²) in [6, 6.07) is 12.1. The van der Waals surface area contributed by atoms with Crippen LogP contribution in [0.2, 0.25) is 10.0 Å². The second kappa shape index (κ2) is 4.64. The Morgan fingerprint density at radius 3 is 2.31 bits per heavy atom. The van der Waals surface area contributed by atoms with E-state index in [0.29, 0.717) is 10.0 Å². The van der Waals surface area contributed by atoms with E-state index in [1.165, 1.54) is 0 Å². The van der Waals surface area contributed by atoms with Gasteiger partial charge in [0.15, 0.2) is 0 Å². The van der Waals surface area contributed by atoms with Gasteiger partial charge in [0.25, 0.3) is 0 Å². The van der Waals surface area contributed by atoms with Crippen LogP contribution in [0.25, 0.3) is 0 Å². The molecule has 2 nitrogen and oxygen atoms in total. The lowest BCUT2D eigenvalue weighted by molar-refractivity contribution is 0.475. The molecule has 82 valence electrons. The number of halogens is 2. The van der Waals surface area contributed by atoms with E-state index < -0.39 is 0 Å². The van der Waals surface area contributed by atoms with Crippen molar-refractivity contribution in [2.45, 2.75) is 0 Å². The zero-order valence-electron chi connectivity index (χ0n) is 8.24. The molecule has 0 aliphatic rings. The first-order chi connectivity index (χ1) is 7.66. The molecule has 0 bridgehead atoms. The molecule has 0 fully saturated rings. The van der Waals surface area contributed by atoms with Crippen molar-refractivity contribution in [2.24, 2.45) is 0 Å². The molecule has 0 aliphatic heterocycles. The van der Waals surface area contributed by atoms with Crippen LogP contribution >= 0.6 is 23.2 Å². The highest BCUT2D eigenvalue weighted by Gasteiger charge is 2.03. The molecule has 2 aromatic rings. The van der Waals surface area contributed by atoms with E-state index in [2.05, 4.69) is 5.32 Å². The summed E-state index contributed by atoms with van der Waals surface area (Å²) in [4.78, 5) is 0. The van der Waals surface area contributed by atoms with Gasteiger partial charge in [-0.2, -0.15) is 0 Å². The molecule has 0 aromatic heterocycles. The minimum absolute atomic E-state index is 0.225. The van der Waals surface area contributed by atoms with Crippen LogP contribution in [-0.2, 0) is 0 Å². The Balaban J connectivity index is 2.27. The molecule has 0 unspecified atom stereocenters. The van der Waals surface area contributed by atoms with Crippen molar-refractivity contribution in [3.63, 3.8) is 0 Å². The van der Waals surface area contributed by atoms with Gasteiger partial charge in [0.05, 0.1) is 15.7 Å². The molecular formula is C12H9Cl2NO. The minimum atomic E-state index is 0.225. The van der Waals surface area contributed by atoms with Gasteiger partial charge in [0.1, 0.15) is 5.75 Å². The lowest BCUT2D eigenvalue weighted by atomic mass is 10.2. The van der Waals surface area contributed by atoms with Gasteiger partial charge in [-0.1, -0.05) is 29.3 Å². The number of nitrogens with one attached hydrogen (secondary N) is 1. The first kappa shape index (κ1) is 11.1. The second-order valence-corrected chi connectivity index (χ2v) is 4.06. The van der Waals surface area contributed by atoms with Gasteiger partial charge in [-0.15, -0.1) is 0 Å². The molecule has 4 heteroatoms. The number of rotatable bonds is 2. The van der Waals surface area contributed by atoms with Gasteiger partial charge in [-0.25, -0.2) is 0 Å². The van der Waals surface area contributed by atoms with Crippen LogP contribution in [0.4, 0.5) is 11.4 Å². The number of phenols is 1. The molecule has 2 rings (SSSR count). The molecular weight excluding hydrogens is 245 g/mol. The number of anilines is 2. The van der Waals surface area contributed by atoms with E-state index in [0.717, 1.165) is 11.4 Å². The SMILES string of the molecule is Oc1ccc(Nc2cccc(Cl)c2Cl)cc1. The smallest absolute Gasteiger partial charge is 0.115 e. The predicted molar refractivity (Wildman–Crippen MR) is 67.9 cm³/mol. The molecule has 0 atom stereocenters. The van der Waals surface area contributed by atoms with Crippen LogP contribution in [-0.4, -0.2) is 5.11 Å². The third-order valence-electron chi connectivity index (χ3n) is 2.10. The van der Waals surface area contributed by atoms with Crippen molar-refractivity contribution in [1.82, 2.24) is 0 Å². The standard InChI is InChI=1S/C12H9Cl2NO/c13-10-2-1-3-11(12(10)14)15-8-4-6-9(16)7-5-8/h1-7,15-16H. The van der Waals surface area contributed by atoms with Crippen LogP contribution in [0.5, 0.6) is 5.75 Å². The monoisotopic (exact) mass is 253 g/mol. The number of phenolic OH excluding ortho intramolecular Hbond substituents is 1. The van der Waals surface area contributed by atoms with Crippen molar-refractivity contribution in [1.29, 1.82) is 0 Å². The highest BCUT2D eigenvalue weighted by molar-refractivity contribution is 6.43. The molecule has 0 saturated heterocycles. The maximum absolute atomic E-state index is 9.15. The van der Waals surface area contributed by atoms with E-state index in [-0.39, 0.29) is 5.75 Å². The van der Waals surface area contributed by atoms with Crippen LogP contribution < -0.4 is 5.32 Å². The number of benzene rings is 2. The number of hydrogen-bond acceptors (Lipinski definition) is 2. The van der Waals surface area contributed by atoms with E-state index in [1.807, 2.05) is 12.1 Å². The molecule has 2 N–H and O–H groups in total. The summed E-state index contributed by atoms with van der Waals surface area (Å²) in [5, 5.41) is 13.2. The fourth-order valence-electron chi connectivity index (χ4n) is 1.30. The summed E-state index contributed by atoms with van der Waals surface area (Å²) in [5.41, 5.74) is 1.57. The van der Waals surface area contributed by atoms with Crippen molar-refractivity contribution in [3.05, 3.63) is 52.5 Å². The Bertz CT molecular complexity index is 497. The van der Waals surface area contributed by atoms with Gasteiger partial charge in [-0.3, -0.25) is 0 Å². The predicted octanol–water partition coefficient (Wildman–Crippen LogP) is 4.44. The van der Waals surface area contributed by atoms with Gasteiger partial charge in [0.2, 0.25) is 0 Å². The van der Waals surface area contributed by atoms with Gasteiger partial charge in [-0.05, 0) is 36.4 Å². The van der Waals surface area contributed by atoms with Crippen LogP contribution in [0, 0.1) is 0 Å². The van der Waals surface area contributed by atoms with E-state index in [4.69, 9.17) is 28.3 Å². The van der Waals surface area contributed by atoms with Crippen molar-refractivity contribution in [3.8, 4) is 5.75 Å². The Morgan fingerprint density at radius 2 is 1.62 bits per heavy atom. The largest absolute Gasteiger partial charge is 0.508 e. The summed E-state index contributed by atoms with van der Waals surface area (Å²) in [5.74, 6) is 0.225. The van der Waals surface area contributed by atoms with Crippen LogP contribution in [0.15, 0.2) is 42.5 Å². The first-order valence-electron chi connectivity index (χ1n) is 4.67. The molecule has 16 heavy (non-hydrogen) atoms. The maximum atomic E-state index is 9.15. The first-order valence-corrected chi connectivity index (χ1v) is 5.42. The van der Waals surface area contributed by atoms with E-state index in [1.54, 1.807) is 30.3 Å². The summed E-state index contributed by atoms with van der Waals surface area (Å²) in [7, 11) is 0. The van der Waals surface area contributed by atoms with Crippen molar-refractivity contribution < 1.29 is 5.11 Å². The average Bonchev–Trinajstić information content (AvgIpc) is 2.28. The van der Waals surface area contributed by atoms with Gasteiger partial charge in [0, 0.05) is 5.69 Å². The molecule has 0 radical (unpaired) electrons. The van der Waals surface area contributed by atoms with Crippen molar-refractivity contribution >= 4 is 34.6 Å². The fourth-order valence-corrected chi connectivity index (χ4v) is 1.65. The fraction of sp³-hybridized carbons (Fsp3) is 0. The third kappa shape index (κ3) is 2.40. The zero-order chi connectivity index (χ0) is 11.5. The highest BCUT2D eigenvalue weighted by Crippen LogP contribution is 2.31. The Labute approximate surface area is 103 Å². The normalized spacial score (nSPS) is 10.1. The Morgan fingerprint density at radius 1 is 0.938 bits per heavy atom. The third-order valence-corrected chi connectivity index (χ3v) is 2.92. The van der Waals surface area contributed by atoms with Gasteiger partial charge >= 0.3 is 0 Å². The quantitative estimate of drug-likeness (QED) is 0.776. The summed E-state index contributed by atoms with van der Waals surface area (Å²) < 4.78 is 0. The number of aromatic hydroxyl groups is 1. The highest BCUT2D eigenvalue weighted by atomic mass is 35.5. The van der Waals surface area contributed by atoms with E-state index in [9.17, 15) is 0 Å². The molecule has 0 amide bonds. The molecule has 0 spiro atoms. The zero-order valence-corrected chi connectivity index (χ0v) is 9.76. The molecule has 0 heterocycles. The Hall–Kier alpha value is -1.38. The topological polar surface area (TPSA) is 32.3 Å². The minimum Gasteiger partial charge on any atom is -0.508 e. The lowest BCUT2D eigenvalue weighted by Gasteiger charge is -2.09. The summed E-state index contributed by atoms with van der Waals surface area (Å²) in [6.07, 6.45) is 0. The number of hydrogen-bond donors (Lipinski definition) is 2. The van der Waals surface area contributed by atoms with Crippen molar-refractivity contribution in [2.75, 3.05) is 5.32 Å². The maximum Gasteiger partial charge on any atom is 0.115 e. The second-order valence-electron chi connectivity index (χ2n) is 3.27. The lowest BCUT2D eigenvalue weighted by Crippen LogP contribution is -1.90. The van der Waals surface area contributed by atoms with Gasteiger partial charge < -0.3 is 10.4 Å². The van der Waals surface area contributed by atoms with Crippen LogP contribution in [0.1, 0.15) is 0 Å². The molecule has 0 saturated carbocycles. The van der Waals surface area contributed by atoms with E-state index >= 15 is 0 Å². The Kier molecular flexibility index (Phi) is 3.22. The van der Waals surface area contributed by atoms with Crippen LogP contribution in [0.3, 0.4) is 0 Å². The average molecular weight is 254 g/mol. The summed E-state index contributed by atoms with van der Waals surface area (Å²) in [6.45, 7) is 0. The molecule has 0 aliphatic carbocycles.